The Bertz CT molecular complexity index is 448. The van der Waals surface area contributed by atoms with Crippen LogP contribution in [0.25, 0.3) is 10.9 Å². The number of rotatable bonds is 1. The summed E-state index contributed by atoms with van der Waals surface area (Å²) in [6.45, 7) is 0. The van der Waals surface area contributed by atoms with Crippen LogP contribution in [0.3, 0.4) is 0 Å². The van der Waals surface area contributed by atoms with Gasteiger partial charge in [0.15, 0.2) is 0 Å². The molecule has 1 heterocycles. The molecule has 0 unspecified atom stereocenters. The van der Waals surface area contributed by atoms with Crippen LogP contribution >= 0.6 is 24.0 Å². The van der Waals surface area contributed by atoms with Crippen molar-refractivity contribution in [2.75, 3.05) is 7.11 Å². The SMILES string of the molecule is COc1ccc2c(Cl)ncnc2c1.Cl. The second-order valence-corrected chi connectivity index (χ2v) is 2.91. The van der Waals surface area contributed by atoms with Gasteiger partial charge in [-0.2, -0.15) is 0 Å². The van der Waals surface area contributed by atoms with Gasteiger partial charge in [0.1, 0.15) is 17.2 Å². The van der Waals surface area contributed by atoms with Crippen molar-refractivity contribution in [1.82, 2.24) is 9.97 Å². The predicted molar refractivity (Wildman–Crippen MR) is 58.3 cm³/mol. The predicted octanol–water partition coefficient (Wildman–Crippen LogP) is 2.71. The summed E-state index contributed by atoms with van der Waals surface area (Å²) < 4.78 is 5.06. The van der Waals surface area contributed by atoms with Crippen molar-refractivity contribution >= 4 is 34.9 Å². The molecule has 0 N–H and O–H groups in total. The third-order valence-electron chi connectivity index (χ3n) is 1.80. The van der Waals surface area contributed by atoms with Gasteiger partial charge in [0.25, 0.3) is 0 Å². The fourth-order valence-electron chi connectivity index (χ4n) is 1.13. The quantitative estimate of drug-likeness (QED) is 0.707. The first-order valence-electron chi connectivity index (χ1n) is 3.75. The zero-order valence-electron chi connectivity index (χ0n) is 7.40. The average molecular weight is 231 g/mol. The Balaban J connectivity index is 0.000000980. The third-order valence-corrected chi connectivity index (χ3v) is 2.10. The van der Waals surface area contributed by atoms with E-state index >= 15 is 0 Å². The molecule has 14 heavy (non-hydrogen) atoms. The lowest BCUT2D eigenvalue weighted by atomic mass is 10.2. The lowest BCUT2D eigenvalue weighted by Crippen LogP contribution is -1.86. The molecule has 0 aliphatic carbocycles. The fraction of sp³-hybridized carbons (Fsp3) is 0.111. The van der Waals surface area contributed by atoms with Gasteiger partial charge in [0.05, 0.1) is 12.6 Å². The van der Waals surface area contributed by atoms with Gasteiger partial charge in [0.2, 0.25) is 0 Å². The van der Waals surface area contributed by atoms with Gasteiger partial charge >= 0.3 is 0 Å². The van der Waals surface area contributed by atoms with Gasteiger partial charge in [-0.15, -0.1) is 12.4 Å². The number of nitrogens with zero attached hydrogens (tertiary/aromatic N) is 2. The molecule has 0 radical (unpaired) electrons. The molecule has 1 aromatic heterocycles. The minimum absolute atomic E-state index is 0. The summed E-state index contributed by atoms with van der Waals surface area (Å²) in [6, 6.07) is 5.50. The fourth-order valence-corrected chi connectivity index (χ4v) is 1.33. The minimum Gasteiger partial charge on any atom is -0.497 e. The van der Waals surface area contributed by atoms with Crippen LogP contribution in [-0.2, 0) is 0 Å². The molecule has 2 aromatic rings. The van der Waals surface area contributed by atoms with Gasteiger partial charge in [0, 0.05) is 11.5 Å². The smallest absolute Gasteiger partial charge is 0.140 e. The summed E-state index contributed by atoms with van der Waals surface area (Å²) in [6.07, 6.45) is 1.43. The molecule has 0 saturated carbocycles. The van der Waals surface area contributed by atoms with E-state index in [0.29, 0.717) is 5.15 Å². The van der Waals surface area contributed by atoms with E-state index in [4.69, 9.17) is 16.3 Å². The van der Waals surface area contributed by atoms with Gasteiger partial charge in [-0.3, -0.25) is 0 Å². The van der Waals surface area contributed by atoms with Gasteiger partial charge in [-0.1, -0.05) is 11.6 Å². The van der Waals surface area contributed by atoms with Gasteiger partial charge in [-0.05, 0) is 12.1 Å². The zero-order chi connectivity index (χ0) is 9.26. The van der Waals surface area contributed by atoms with E-state index < -0.39 is 0 Å². The Labute approximate surface area is 92.5 Å². The largest absolute Gasteiger partial charge is 0.497 e. The normalized spacial score (nSPS) is 9.57. The van der Waals surface area contributed by atoms with Gasteiger partial charge in [-0.25, -0.2) is 9.97 Å². The van der Waals surface area contributed by atoms with Crippen molar-refractivity contribution in [3.05, 3.63) is 29.7 Å². The van der Waals surface area contributed by atoms with Crippen LogP contribution < -0.4 is 4.74 Å². The molecule has 0 spiro atoms. The highest BCUT2D eigenvalue weighted by atomic mass is 35.5. The van der Waals surface area contributed by atoms with Crippen molar-refractivity contribution in [2.45, 2.75) is 0 Å². The topological polar surface area (TPSA) is 35.0 Å². The molecule has 0 bridgehead atoms. The first-order chi connectivity index (χ1) is 6.31. The second kappa shape index (κ2) is 4.44. The third kappa shape index (κ3) is 1.89. The summed E-state index contributed by atoms with van der Waals surface area (Å²) >= 11 is 5.86. The van der Waals surface area contributed by atoms with Crippen LogP contribution in [0.1, 0.15) is 0 Å². The van der Waals surface area contributed by atoms with E-state index in [1.165, 1.54) is 6.33 Å². The number of benzene rings is 1. The zero-order valence-corrected chi connectivity index (χ0v) is 8.97. The number of hydrogen-bond acceptors (Lipinski definition) is 3. The van der Waals surface area contributed by atoms with Crippen LogP contribution in [-0.4, -0.2) is 17.1 Å². The molecule has 0 amide bonds. The van der Waals surface area contributed by atoms with Gasteiger partial charge < -0.3 is 4.74 Å². The van der Waals surface area contributed by atoms with Crippen molar-refractivity contribution < 1.29 is 4.74 Å². The van der Waals surface area contributed by atoms with E-state index in [2.05, 4.69) is 9.97 Å². The van der Waals surface area contributed by atoms with Crippen LogP contribution in [0, 0.1) is 0 Å². The van der Waals surface area contributed by atoms with Crippen molar-refractivity contribution in [2.24, 2.45) is 0 Å². The highest BCUT2D eigenvalue weighted by Gasteiger charge is 2.01. The van der Waals surface area contributed by atoms with E-state index in [9.17, 15) is 0 Å². The lowest BCUT2D eigenvalue weighted by Gasteiger charge is -2.01. The first kappa shape index (κ1) is 11.0. The summed E-state index contributed by atoms with van der Waals surface area (Å²) in [5.41, 5.74) is 0.791. The van der Waals surface area contributed by atoms with Crippen LogP contribution in [0.15, 0.2) is 24.5 Å². The van der Waals surface area contributed by atoms with Crippen LogP contribution in [0.4, 0.5) is 0 Å². The molecule has 0 aliphatic heterocycles. The maximum absolute atomic E-state index is 5.86. The number of methoxy groups -OCH3 is 1. The van der Waals surface area contributed by atoms with E-state index in [1.807, 2.05) is 18.2 Å². The minimum atomic E-state index is 0. The highest BCUT2D eigenvalue weighted by molar-refractivity contribution is 6.34. The van der Waals surface area contributed by atoms with Crippen molar-refractivity contribution in [3.63, 3.8) is 0 Å². The Hall–Kier alpha value is -1.06. The van der Waals surface area contributed by atoms with Crippen molar-refractivity contribution in [3.8, 4) is 5.75 Å². The maximum Gasteiger partial charge on any atom is 0.140 e. The molecule has 0 saturated heterocycles. The first-order valence-corrected chi connectivity index (χ1v) is 4.13. The summed E-state index contributed by atoms with van der Waals surface area (Å²) in [5.74, 6) is 0.766. The van der Waals surface area contributed by atoms with E-state index in [-0.39, 0.29) is 12.4 Å². The van der Waals surface area contributed by atoms with E-state index in [1.54, 1.807) is 7.11 Å². The molecule has 74 valence electrons. The summed E-state index contributed by atoms with van der Waals surface area (Å²) in [5, 5.41) is 1.30. The molecule has 5 heteroatoms. The standard InChI is InChI=1S/C9H7ClN2O.ClH/c1-13-6-2-3-7-8(4-6)11-5-12-9(7)10;/h2-5H,1H3;1H. The summed E-state index contributed by atoms with van der Waals surface area (Å²) in [4.78, 5) is 7.95. The summed E-state index contributed by atoms with van der Waals surface area (Å²) in [7, 11) is 1.62. The van der Waals surface area contributed by atoms with E-state index in [0.717, 1.165) is 16.7 Å². The number of aromatic nitrogens is 2. The number of halogens is 2. The molecule has 0 aliphatic rings. The highest BCUT2D eigenvalue weighted by Crippen LogP contribution is 2.22. The van der Waals surface area contributed by atoms with Crippen LogP contribution in [0.5, 0.6) is 5.75 Å². The molecule has 2 rings (SSSR count). The number of fused-ring (bicyclic) bond motifs is 1. The molecular weight excluding hydrogens is 223 g/mol. The molecule has 3 nitrogen and oxygen atoms in total. The number of hydrogen-bond donors (Lipinski definition) is 0. The Morgan fingerprint density at radius 2 is 2.07 bits per heavy atom. The second-order valence-electron chi connectivity index (χ2n) is 2.55. The molecule has 1 aromatic carbocycles. The van der Waals surface area contributed by atoms with Crippen LogP contribution in [0.2, 0.25) is 5.15 Å². The lowest BCUT2D eigenvalue weighted by molar-refractivity contribution is 0.415. The van der Waals surface area contributed by atoms with Crippen molar-refractivity contribution in [1.29, 1.82) is 0 Å². The molecular formula is C9H8Cl2N2O. The number of ether oxygens (including phenoxy) is 1. The maximum atomic E-state index is 5.86. The molecule has 0 fully saturated rings. The Morgan fingerprint density at radius 3 is 2.79 bits per heavy atom. The Morgan fingerprint density at radius 1 is 1.29 bits per heavy atom. The average Bonchev–Trinajstić information content (AvgIpc) is 2.18. The Kier molecular flexibility index (Phi) is 3.49. The monoisotopic (exact) mass is 230 g/mol. The molecule has 0 atom stereocenters.